The lowest BCUT2D eigenvalue weighted by atomic mass is 9.95. The number of ketones is 1. The van der Waals surface area contributed by atoms with E-state index in [1.807, 2.05) is 14.0 Å². The molecule has 0 saturated carbocycles. The zero-order valence-electron chi connectivity index (χ0n) is 15.7. The first kappa shape index (κ1) is 21.1. The molecular formula is C20H24FNO4S. The zero-order chi connectivity index (χ0) is 20.0. The molecule has 0 spiro atoms. The van der Waals surface area contributed by atoms with E-state index in [1.54, 1.807) is 6.07 Å². The molecule has 0 bridgehead atoms. The molecule has 146 valence electrons. The van der Waals surface area contributed by atoms with Crippen molar-refractivity contribution < 1.29 is 22.3 Å². The molecule has 2 rings (SSSR count). The van der Waals surface area contributed by atoms with E-state index in [9.17, 15) is 17.6 Å². The third-order valence-electron chi connectivity index (χ3n) is 4.22. The average Bonchev–Trinajstić information content (AvgIpc) is 2.64. The van der Waals surface area contributed by atoms with Gasteiger partial charge in [-0.3, -0.25) is 4.79 Å². The second-order valence-electron chi connectivity index (χ2n) is 6.31. The van der Waals surface area contributed by atoms with Crippen LogP contribution in [0.2, 0.25) is 0 Å². The van der Waals surface area contributed by atoms with Gasteiger partial charge < -0.3 is 10.1 Å². The third-order valence-corrected chi connectivity index (χ3v) is 5.96. The molecule has 0 amide bonds. The van der Waals surface area contributed by atoms with Gasteiger partial charge in [0.2, 0.25) is 9.84 Å². The quantitative estimate of drug-likeness (QED) is 0.707. The predicted molar refractivity (Wildman–Crippen MR) is 101 cm³/mol. The second kappa shape index (κ2) is 9.10. The van der Waals surface area contributed by atoms with E-state index in [1.165, 1.54) is 37.3 Å². The molecule has 0 aliphatic rings. The number of carbonyl (C=O) groups is 1. The van der Waals surface area contributed by atoms with Crippen molar-refractivity contribution in [3.63, 3.8) is 0 Å². The molecule has 7 heteroatoms. The fourth-order valence-corrected chi connectivity index (χ4v) is 4.12. The molecule has 0 heterocycles. The van der Waals surface area contributed by atoms with E-state index in [-0.39, 0.29) is 28.1 Å². The van der Waals surface area contributed by atoms with Crippen molar-refractivity contribution in [2.24, 2.45) is 0 Å². The number of nitrogens with one attached hydrogen (secondary N) is 1. The normalized spacial score (nSPS) is 12.6. The van der Waals surface area contributed by atoms with Crippen molar-refractivity contribution in [2.45, 2.75) is 36.0 Å². The van der Waals surface area contributed by atoms with Gasteiger partial charge in [0.15, 0.2) is 5.78 Å². The number of benzene rings is 2. The van der Waals surface area contributed by atoms with Crippen LogP contribution < -0.4 is 10.1 Å². The van der Waals surface area contributed by atoms with E-state index in [0.717, 1.165) is 18.1 Å². The standard InChI is InChI=1S/C20H24FNO4S/c1-4-15(12-22-3)19-9-8-18(11-20(19)26-13-14(2)23)27(24,25)17-7-5-6-16(21)10-17/h5-11,15,22H,4,12-13H2,1-3H3/t15-/m1/s1. The Morgan fingerprint density at radius 1 is 1.19 bits per heavy atom. The summed E-state index contributed by atoms with van der Waals surface area (Å²) < 4.78 is 44.8. The maximum atomic E-state index is 13.5. The van der Waals surface area contributed by atoms with E-state index < -0.39 is 15.7 Å². The summed E-state index contributed by atoms with van der Waals surface area (Å²) in [5, 5.41) is 3.10. The van der Waals surface area contributed by atoms with Crippen molar-refractivity contribution >= 4 is 15.6 Å². The number of ether oxygens (including phenoxy) is 1. The SMILES string of the molecule is CC[C@H](CNC)c1ccc(S(=O)(=O)c2cccc(F)c2)cc1OCC(C)=O. The number of halogens is 1. The first-order chi connectivity index (χ1) is 12.8. The van der Waals surface area contributed by atoms with Gasteiger partial charge in [-0.25, -0.2) is 12.8 Å². The maximum Gasteiger partial charge on any atom is 0.206 e. The van der Waals surface area contributed by atoms with Gasteiger partial charge in [0, 0.05) is 6.54 Å². The van der Waals surface area contributed by atoms with E-state index >= 15 is 0 Å². The van der Waals surface area contributed by atoms with Crippen LogP contribution in [0, 0.1) is 5.82 Å². The molecule has 2 aromatic carbocycles. The van der Waals surface area contributed by atoms with Crippen molar-refractivity contribution in [1.29, 1.82) is 0 Å². The van der Waals surface area contributed by atoms with Gasteiger partial charge in [-0.15, -0.1) is 0 Å². The number of Topliss-reactive ketones (excluding diaryl/α,β-unsaturated/α-hetero) is 1. The molecular weight excluding hydrogens is 369 g/mol. The van der Waals surface area contributed by atoms with Crippen molar-refractivity contribution in [2.75, 3.05) is 20.2 Å². The summed E-state index contributed by atoms with van der Waals surface area (Å²) in [5.41, 5.74) is 0.825. The lowest BCUT2D eigenvalue weighted by Gasteiger charge is -2.20. The number of hydrogen-bond acceptors (Lipinski definition) is 5. The Balaban J connectivity index is 2.52. The largest absolute Gasteiger partial charge is 0.486 e. The Bertz CT molecular complexity index is 912. The molecule has 1 atom stereocenters. The van der Waals surface area contributed by atoms with Crippen LogP contribution in [0.1, 0.15) is 31.7 Å². The summed E-state index contributed by atoms with van der Waals surface area (Å²) in [6, 6.07) is 9.48. The van der Waals surface area contributed by atoms with Crippen molar-refractivity contribution in [3.8, 4) is 5.75 Å². The van der Waals surface area contributed by atoms with E-state index in [0.29, 0.717) is 12.3 Å². The Kier molecular flexibility index (Phi) is 7.10. The molecule has 0 aliphatic heterocycles. The highest BCUT2D eigenvalue weighted by molar-refractivity contribution is 7.91. The Hall–Kier alpha value is -2.25. The van der Waals surface area contributed by atoms with Crippen LogP contribution in [0.15, 0.2) is 52.3 Å². The molecule has 0 aliphatic carbocycles. The van der Waals surface area contributed by atoms with E-state index in [2.05, 4.69) is 5.32 Å². The Morgan fingerprint density at radius 2 is 1.89 bits per heavy atom. The van der Waals surface area contributed by atoms with Crippen LogP contribution >= 0.6 is 0 Å². The fraction of sp³-hybridized carbons (Fsp3) is 0.350. The Morgan fingerprint density at radius 3 is 2.48 bits per heavy atom. The van der Waals surface area contributed by atoms with Crippen molar-refractivity contribution in [1.82, 2.24) is 5.32 Å². The number of likely N-dealkylation sites (N-methyl/N-ethyl adjacent to an activating group) is 1. The first-order valence-electron chi connectivity index (χ1n) is 8.71. The highest BCUT2D eigenvalue weighted by Gasteiger charge is 2.22. The lowest BCUT2D eigenvalue weighted by Crippen LogP contribution is -2.18. The predicted octanol–water partition coefficient (Wildman–Crippen LogP) is 3.34. The summed E-state index contributed by atoms with van der Waals surface area (Å²) in [7, 11) is -2.07. The lowest BCUT2D eigenvalue weighted by molar-refractivity contribution is -0.118. The van der Waals surface area contributed by atoms with Gasteiger partial charge in [0.05, 0.1) is 9.79 Å². The van der Waals surface area contributed by atoms with Crippen LogP contribution in [-0.4, -0.2) is 34.4 Å². The van der Waals surface area contributed by atoms with Gasteiger partial charge in [-0.1, -0.05) is 19.1 Å². The van der Waals surface area contributed by atoms with Crippen LogP contribution in [0.5, 0.6) is 5.75 Å². The highest BCUT2D eigenvalue weighted by Crippen LogP contribution is 2.33. The molecule has 2 aromatic rings. The fourth-order valence-electron chi connectivity index (χ4n) is 2.81. The van der Waals surface area contributed by atoms with Gasteiger partial charge in [0.25, 0.3) is 0 Å². The van der Waals surface area contributed by atoms with Gasteiger partial charge >= 0.3 is 0 Å². The average molecular weight is 393 g/mol. The third kappa shape index (κ3) is 5.14. The summed E-state index contributed by atoms with van der Waals surface area (Å²) in [6.45, 7) is 3.96. The maximum absolute atomic E-state index is 13.5. The summed E-state index contributed by atoms with van der Waals surface area (Å²) >= 11 is 0. The zero-order valence-corrected chi connectivity index (χ0v) is 16.5. The second-order valence-corrected chi connectivity index (χ2v) is 8.26. The van der Waals surface area contributed by atoms with Gasteiger partial charge in [0.1, 0.15) is 18.2 Å². The summed E-state index contributed by atoms with van der Waals surface area (Å²) in [5.74, 6) is -0.338. The summed E-state index contributed by atoms with van der Waals surface area (Å²) in [4.78, 5) is 11.2. The Labute approximate surface area is 159 Å². The molecule has 0 fully saturated rings. The first-order valence-corrected chi connectivity index (χ1v) is 10.2. The molecule has 0 saturated heterocycles. The number of carbonyl (C=O) groups excluding carboxylic acids is 1. The summed E-state index contributed by atoms with van der Waals surface area (Å²) in [6.07, 6.45) is 0.813. The molecule has 0 radical (unpaired) electrons. The minimum atomic E-state index is -3.90. The van der Waals surface area contributed by atoms with Gasteiger partial charge in [-0.2, -0.15) is 0 Å². The minimum Gasteiger partial charge on any atom is -0.486 e. The topological polar surface area (TPSA) is 72.5 Å². The molecule has 27 heavy (non-hydrogen) atoms. The van der Waals surface area contributed by atoms with Gasteiger partial charge in [-0.05, 0) is 62.2 Å². The highest BCUT2D eigenvalue weighted by atomic mass is 32.2. The minimum absolute atomic E-state index is 0.00490. The van der Waals surface area contributed by atoms with Crippen LogP contribution in [0.25, 0.3) is 0 Å². The van der Waals surface area contributed by atoms with E-state index in [4.69, 9.17) is 4.74 Å². The van der Waals surface area contributed by atoms with Crippen molar-refractivity contribution in [3.05, 3.63) is 53.8 Å². The molecule has 0 aromatic heterocycles. The number of sulfone groups is 1. The smallest absolute Gasteiger partial charge is 0.206 e. The van der Waals surface area contributed by atoms with Crippen LogP contribution in [0.4, 0.5) is 4.39 Å². The monoisotopic (exact) mass is 393 g/mol. The molecule has 1 N–H and O–H groups in total. The number of hydrogen-bond donors (Lipinski definition) is 1. The van der Waals surface area contributed by atoms with Crippen LogP contribution in [-0.2, 0) is 14.6 Å². The molecule has 5 nitrogen and oxygen atoms in total. The van der Waals surface area contributed by atoms with Crippen LogP contribution in [0.3, 0.4) is 0 Å². The number of rotatable bonds is 9. The molecule has 0 unspecified atom stereocenters.